The Morgan fingerprint density at radius 1 is 1.26 bits per heavy atom. The van der Waals surface area contributed by atoms with Crippen molar-refractivity contribution in [3.8, 4) is 5.75 Å². The van der Waals surface area contributed by atoms with Crippen LogP contribution in [0.5, 0.6) is 5.75 Å². The summed E-state index contributed by atoms with van der Waals surface area (Å²) in [5.41, 5.74) is 0. The average Bonchev–Trinajstić information content (AvgIpc) is 2.37. The van der Waals surface area contributed by atoms with E-state index in [9.17, 15) is 8.42 Å². The van der Waals surface area contributed by atoms with Gasteiger partial charge in [0.15, 0.2) is 0 Å². The van der Waals surface area contributed by atoms with E-state index in [4.69, 9.17) is 4.74 Å². The summed E-state index contributed by atoms with van der Waals surface area (Å²) in [6.07, 6.45) is 0.799. The standard InChI is InChI=1S/C13H22N2O3S/c1-4-9-15-19(16,17)13-7-5-12(6-8-13)18-11(2)10-14-3/h5-8,11,14-15H,4,9-10H2,1-3H3. The Morgan fingerprint density at radius 3 is 2.42 bits per heavy atom. The summed E-state index contributed by atoms with van der Waals surface area (Å²) < 4.78 is 31.9. The van der Waals surface area contributed by atoms with Gasteiger partial charge in [-0.15, -0.1) is 0 Å². The van der Waals surface area contributed by atoms with Gasteiger partial charge in [-0.05, 0) is 44.7 Å². The number of benzene rings is 1. The first-order valence-electron chi connectivity index (χ1n) is 6.40. The van der Waals surface area contributed by atoms with Crippen LogP contribution in [0.4, 0.5) is 0 Å². The zero-order chi connectivity index (χ0) is 14.3. The first kappa shape index (κ1) is 15.9. The zero-order valence-electron chi connectivity index (χ0n) is 11.6. The summed E-state index contributed by atoms with van der Waals surface area (Å²) >= 11 is 0. The van der Waals surface area contributed by atoms with E-state index < -0.39 is 10.0 Å². The predicted octanol–water partition coefficient (Wildman–Crippen LogP) is 1.36. The lowest BCUT2D eigenvalue weighted by Crippen LogP contribution is -2.26. The minimum atomic E-state index is -3.40. The lowest BCUT2D eigenvalue weighted by atomic mass is 10.3. The molecule has 1 aromatic carbocycles. The molecule has 1 rings (SSSR count). The van der Waals surface area contributed by atoms with Crippen molar-refractivity contribution in [3.63, 3.8) is 0 Å². The van der Waals surface area contributed by atoms with E-state index in [1.165, 1.54) is 0 Å². The number of rotatable bonds is 8. The van der Waals surface area contributed by atoms with Gasteiger partial charge in [0.05, 0.1) is 4.90 Å². The molecule has 0 aliphatic heterocycles. The lowest BCUT2D eigenvalue weighted by Gasteiger charge is -2.14. The predicted molar refractivity (Wildman–Crippen MR) is 75.9 cm³/mol. The van der Waals surface area contributed by atoms with Gasteiger partial charge >= 0.3 is 0 Å². The largest absolute Gasteiger partial charge is 0.489 e. The van der Waals surface area contributed by atoms with Gasteiger partial charge in [0, 0.05) is 13.1 Å². The number of ether oxygens (including phenoxy) is 1. The van der Waals surface area contributed by atoms with Crippen molar-refractivity contribution in [2.75, 3.05) is 20.1 Å². The number of sulfonamides is 1. The molecule has 6 heteroatoms. The van der Waals surface area contributed by atoms with E-state index in [1.54, 1.807) is 24.3 Å². The van der Waals surface area contributed by atoms with E-state index in [0.29, 0.717) is 12.3 Å². The Bertz CT molecular complexity index is 471. The number of likely N-dealkylation sites (N-methyl/N-ethyl adjacent to an activating group) is 1. The molecule has 0 saturated heterocycles. The summed E-state index contributed by atoms with van der Waals surface area (Å²) in [6, 6.07) is 6.46. The Morgan fingerprint density at radius 2 is 1.89 bits per heavy atom. The summed E-state index contributed by atoms with van der Waals surface area (Å²) in [6.45, 7) is 5.05. The molecule has 0 bridgehead atoms. The first-order chi connectivity index (χ1) is 8.99. The fourth-order valence-electron chi connectivity index (χ4n) is 1.58. The van der Waals surface area contributed by atoms with Crippen LogP contribution in [0.25, 0.3) is 0 Å². The fraction of sp³-hybridized carbons (Fsp3) is 0.538. The highest BCUT2D eigenvalue weighted by atomic mass is 32.2. The van der Waals surface area contributed by atoms with Gasteiger partial charge in [0.2, 0.25) is 10.0 Å². The van der Waals surface area contributed by atoms with Crippen molar-refractivity contribution in [2.45, 2.75) is 31.3 Å². The van der Waals surface area contributed by atoms with Crippen LogP contribution in [0, 0.1) is 0 Å². The number of hydrogen-bond acceptors (Lipinski definition) is 4. The molecule has 1 aromatic rings. The minimum Gasteiger partial charge on any atom is -0.489 e. The summed E-state index contributed by atoms with van der Waals surface area (Å²) in [7, 11) is -1.54. The van der Waals surface area contributed by atoms with Gasteiger partial charge in [0.1, 0.15) is 11.9 Å². The molecule has 0 amide bonds. The first-order valence-corrected chi connectivity index (χ1v) is 7.89. The van der Waals surface area contributed by atoms with Crippen molar-refractivity contribution in [1.82, 2.24) is 10.0 Å². The van der Waals surface area contributed by atoms with Crippen molar-refractivity contribution >= 4 is 10.0 Å². The number of nitrogens with one attached hydrogen (secondary N) is 2. The maximum absolute atomic E-state index is 11.9. The summed E-state index contributed by atoms with van der Waals surface area (Å²) in [5, 5.41) is 3.02. The second-order valence-electron chi connectivity index (χ2n) is 4.36. The highest BCUT2D eigenvalue weighted by Gasteiger charge is 2.13. The molecule has 0 aliphatic rings. The molecule has 0 fully saturated rings. The maximum Gasteiger partial charge on any atom is 0.240 e. The third kappa shape index (κ3) is 5.18. The van der Waals surface area contributed by atoms with Crippen LogP contribution in [-0.2, 0) is 10.0 Å². The maximum atomic E-state index is 11.9. The highest BCUT2D eigenvalue weighted by molar-refractivity contribution is 7.89. The second-order valence-corrected chi connectivity index (χ2v) is 6.12. The molecule has 1 atom stereocenters. The molecule has 0 heterocycles. The SMILES string of the molecule is CCCNS(=O)(=O)c1ccc(OC(C)CNC)cc1. The van der Waals surface area contributed by atoms with Crippen molar-refractivity contribution in [2.24, 2.45) is 0 Å². The molecule has 108 valence electrons. The van der Waals surface area contributed by atoms with Crippen LogP contribution in [0.3, 0.4) is 0 Å². The van der Waals surface area contributed by atoms with Crippen LogP contribution in [-0.4, -0.2) is 34.7 Å². The highest BCUT2D eigenvalue weighted by Crippen LogP contribution is 2.16. The quantitative estimate of drug-likeness (QED) is 0.757. The smallest absolute Gasteiger partial charge is 0.240 e. The lowest BCUT2D eigenvalue weighted by molar-refractivity contribution is 0.220. The van der Waals surface area contributed by atoms with E-state index in [1.807, 2.05) is 20.9 Å². The summed E-state index contributed by atoms with van der Waals surface area (Å²) in [4.78, 5) is 0.259. The van der Waals surface area contributed by atoms with Crippen molar-refractivity contribution < 1.29 is 13.2 Å². The monoisotopic (exact) mass is 286 g/mol. The Kier molecular flexibility index (Phi) is 6.27. The van der Waals surface area contributed by atoms with Crippen molar-refractivity contribution in [3.05, 3.63) is 24.3 Å². The normalized spacial score (nSPS) is 13.2. The molecule has 0 aromatic heterocycles. The van der Waals surface area contributed by atoms with Crippen LogP contribution in [0.2, 0.25) is 0 Å². The second kappa shape index (κ2) is 7.47. The number of hydrogen-bond donors (Lipinski definition) is 2. The molecular formula is C13H22N2O3S. The van der Waals surface area contributed by atoms with Crippen LogP contribution in [0.1, 0.15) is 20.3 Å². The van der Waals surface area contributed by atoms with Crippen LogP contribution in [0.15, 0.2) is 29.2 Å². The molecule has 19 heavy (non-hydrogen) atoms. The fourth-order valence-corrected chi connectivity index (χ4v) is 2.71. The molecular weight excluding hydrogens is 264 g/mol. The van der Waals surface area contributed by atoms with E-state index in [2.05, 4.69) is 10.0 Å². The van der Waals surface area contributed by atoms with Gasteiger partial charge in [-0.25, -0.2) is 13.1 Å². The van der Waals surface area contributed by atoms with Gasteiger partial charge < -0.3 is 10.1 Å². The van der Waals surface area contributed by atoms with E-state index in [-0.39, 0.29) is 11.0 Å². The Hall–Kier alpha value is -1.11. The molecule has 0 spiro atoms. The summed E-state index contributed by atoms with van der Waals surface area (Å²) in [5.74, 6) is 0.664. The van der Waals surface area contributed by atoms with Crippen molar-refractivity contribution in [1.29, 1.82) is 0 Å². The Labute approximate surface area is 115 Å². The van der Waals surface area contributed by atoms with Gasteiger partial charge in [-0.3, -0.25) is 0 Å². The van der Waals surface area contributed by atoms with Gasteiger partial charge in [-0.1, -0.05) is 6.92 Å². The molecule has 0 saturated carbocycles. The van der Waals surface area contributed by atoms with E-state index in [0.717, 1.165) is 13.0 Å². The topological polar surface area (TPSA) is 67.4 Å². The van der Waals surface area contributed by atoms with E-state index >= 15 is 0 Å². The minimum absolute atomic E-state index is 0.0330. The average molecular weight is 286 g/mol. The van der Waals surface area contributed by atoms with Crippen LogP contribution >= 0.6 is 0 Å². The van der Waals surface area contributed by atoms with Crippen LogP contribution < -0.4 is 14.8 Å². The zero-order valence-corrected chi connectivity index (χ0v) is 12.5. The molecule has 1 unspecified atom stereocenters. The van der Waals surface area contributed by atoms with Gasteiger partial charge in [-0.2, -0.15) is 0 Å². The molecule has 0 aliphatic carbocycles. The Balaban J connectivity index is 2.71. The molecule has 5 nitrogen and oxygen atoms in total. The molecule has 2 N–H and O–H groups in total. The third-order valence-electron chi connectivity index (χ3n) is 2.50. The third-order valence-corrected chi connectivity index (χ3v) is 3.98. The van der Waals surface area contributed by atoms with Gasteiger partial charge in [0.25, 0.3) is 0 Å². The molecule has 0 radical (unpaired) electrons.